The van der Waals surface area contributed by atoms with Gasteiger partial charge in [0.1, 0.15) is 5.69 Å². The molecule has 5 heteroatoms. The highest BCUT2D eigenvalue weighted by Crippen LogP contribution is 2.28. The molecule has 2 fully saturated rings. The molecule has 2 N–H and O–H groups in total. The maximum Gasteiger partial charge on any atom is 0.267 e. The minimum absolute atomic E-state index is 0.0206. The van der Waals surface area contributed by atoms with E-state index in [-0.39, 0.29) is 5.91 Å². The first-order chi connectivity index (χ1) is 12.6. The highest BCUT2D eigenvalue weighted by molar-refractivity contribution is 5.99. The summed E-state index contributed by atoms with van der Waals surface area (Å²) in [5.41, 5.74) is 4.10. The number of amides is 1. The van der Waals surface area contributed by atoms with Gasteiger partial charge in [-0.3, -0.25) is 4.79 Å². The van der Waals surface area contributed by atoms with Crippen LogP contribution in [0.4, 0.5) is 5.69 Å². The number of carbonyl (C=O) groups is 1. The molecule has 5 nitrogen and oxygen atoms in total. The van der Waals surface area contributed by atoms with Crippen molar-refractivity contribution in [2.45, 2.75) is 45.6 Å². The first-order valence-corrected chi connectivity index (χ1v) is 9.89. The number of nitrogens with zero attached hydrogens (tertiary/aromatic N) is 1. The van der Waals surface area contributed by atoms with E-state index in [1.54, 1.807) is 0 Å². The smallest absolute Gasteiger partial charge is 0.267 e. The summed E-state index contributed by atoms with van der Waals surface area (Å²) in [7, 11) is 0. The lowest BCUT2D eigenvalue weighted by Gasteiger charge is -2.29. The Morgan fingerprint density at radius 3 is 2.73 bits per heavy atom. The summed E-state index contributed by atoms with van der Waals surface area (Å²) < 4.78 is 5.45. The lowest BCUT2D eigenvalue weighted by Crippen LogP contribution is -2.41. The predicted molar refractivity (Wildman–Crippen MR) is 105 cm³/mol. The van der Waals surface area contributed by atoms with Gasteiger partial charge in [-0.1, -0.05) is 19.8 Å². The van der Waals surface area contributed by atoms with Crippen LogP contribution in [0.25, 0.3) is 10.9 Å². The first-order valence-electron chi connectivity index (χ1n) is 9.89. The number of carbonyl (C=O) groups excluding carboxylic acids is 1. The van der Waals surface area contributed by atoms with Crippen LogP contribution in [0.1, 0.15) is 48.7 Å². The molecule has 0 spiro atoms. The summed E-state index contributed by atoms with van der Waals surface area (Å²) in [5.74, 6) is 0.582. The van der Waals surface area contributed by atoms with E-state index in [1.807, 2.05) is 6.07 Å². The average molecular weight is 355 g/mol. The van der Waals surface area contributed by atoms with Crippen molar-refractivity contribution in [1.29, 1.82) is 0 Å². The van der Waals surface area contributed by atoms with E-state index in [1.165, 1.54) is 30.5 Å². The molecule has 140 valence electrons. The SMILES string of the molecule is Cc1cc(N2CCOCC2)cc2[nH]c(C(=O)N[C@@H]3CCCC[C@@H]3C)cc12. The van der Waals surface area contributed by atoms with Gasteiger partial charge in [-0.15, -0.1) is 0 Å². The van der Waals surface area contributed by atoms with Crippen molar-refractivity contribution in [2.75, 3.05) is 31.2 Å². The Morgan fingerprint density at radius 2 is 1.96 bits per heavy atom. The van der Waals surface area contributed by atoms with E-state index in [2.05, 4.69) is 41.2 Å². The van der Waals surface area contributed by atoms with E-state index in [4.69, 9.17) is 4.74 Å². The summed E-state index contributed by atoms with van der Waals surface area (Å²) in [6.45, 7) is 7.74. The van der Waals surface area contributed by atoms with E-state index in [9.17, 15) is 4.79 Å². The maximum atomic E-state index is 12.8. The van der Waals surface area contributed by atoms with E-state index < -0.39 is 0 Å². The van der Waals surface area contributed by atoms with Crippen LogP contribution in [-0.4, -0.2) is 43.2 Å². The Kier molecular flexibility index (Phi) is 4.90. The fraction of sp³-hybridized carbons (Fsp3) is 0.571. The Bertz CT molecular complexity index is 792. The Labute approximate surface area is 155 Å². The third-order valence-electron chi connectivity index (χ3n) is 5.98. The van der Waals surface area contributed by atoms with Gasteiger partial charge < -0.3 is 19.9 Å². The number of aryl methyl sites for hydroxylation is 1. The molecule has 1 aromatic heterocycles. The normalized spacial score (nSPS) is 24.0. The van der Waals surface area contributed by atoms with Crippen molar-refractivity contribution < 1.29 is 9.53 Å². The van der Waals surface area contributed by atoms with Crippen LogP contribution in [0.15, 0.2) is 18.2 Å². The lowest BCUT2D eigenvalue weighted by atomic mass is 9.86. The van der Waals surface area contributed by atoms with Crippen LogP contribution >= 0.6 is 0 Å². The lowest BCUT2D eigenvalue weighted by molar-refractivity contribution is 0.0906. The molecule has 0 bridgehead atoms. The second-order valence-corrected chi connectivity index (χ2v) is 7.85. The fourth-order valence-corrected chi connectivity index (χ4v) is 4.30. The number of nitrogens with one attached hydrogen (secondary N) is 2. The Balaban J connectivity index is 1.56. The molecular formula is C21H29N3O2. The standard InChI is InChI=1S/C21H29N3O2/c1-14-5-3-4-6-18(14)23-21(25)20-13-17-15(2)11-16(12-19(17)22-20)24-7-9-26-10-8-24/h11-14,18,22H,3-10H2,1-2H3,(H,23,25)/t14-,18+/m0/s1. The predicted octanol–water partition coefficient (Wildman–Crippen LogP) is 3.62. The zero-order chi connectivity index (χ0) is 18.1. The number of hydrogen-bond donors (Lipinski definition) is 2. The molecule has 1 saturated heterocycles. The molecule has 2 heterocycles. The third kappa shape index (κ3) is 3.45. The third-order valence-corrected chi connectivity index (χ3v) is 5.98. The van der Waals surface area contributed by atoms with Crippen molar-refractivity contribution in [3.63, 3.8) is 0 Å². The Hall–Kier alpha value is -2.01. The molecule has 1 aliphatic carbocycles. The van der Waals surface area contributed by atoms with Crippen LogP contribution in [0.3, 0.4) is 0 Å². The fourth-order valence-electron chi connectivity index (χ4n) is 4.30. The highest BCUT2D eigenvalue weighted by Gasteiger charge is 2.24. The largest absolute Gasteiger partial charge is 0.378 e. The summed E-state index contributed by atoms with van der Waals surface area (Å²) in [6.07, 6.45) is 4.79. The number of aromatic nitrogens is 1. The molecule has 0 radical (unpaired) electrons. The van der Waals surface area contributed by atoms with Crippen molar-refractivity contribution in [1.82, 2.24) is 10.3 Å². The van der Waals surface area contributed by atoms with Crippen LogP contribution in [0.5, 0.6) is 0 Å². The van der Waals surface area contributed by atoms with Crippen molar-refractivity contribution in [2.24, 2.45) is 5.92 Å². The number of rotatable bonds is 3. The first kappa shape index (κ1) is 17.4. The number of morpholine rings is 1. The molecule has 1 amide bonds. The Morgan fingerprint density at radius 1 is 1.19 bits per heavy atom. The summed E-state index contributed by atoms with van der Waals surface area (Å²) in [5, 5.41) is 4.37. The monoisotopic (exact) mass is 355 g/mol. The zero-order valence-electron chi connectivity index (χ0n) is 15.8. The van der Waals surface area contributed by atoms with E-state index >= 15 is 0 Å². The summed E-state index contributed by atoms with van der Waals surface area (Å²) in [4.78, 5) is 18.5. The molecular weight excluding hydrogens is 326 g/mol. The molecule has 2 aromatic rings. The molecule has 2 aliphatic rings. The van der Waals surface area contributed by atoms with Crippen molar-refractivity contribution in [3.8, 4) is 0 Å². The van der Waals surface area contributed by atoms with Gasteiger partial charge in [0.05, 0.1) is 13.2 Å². The summed E-state index contributed by atoms with van der Waals surface area (Å²) in [6, 6.07) is 6.67. The minimum atomic E-state index is 0.0206. The number of anilines is 1. The molecule has 1 aliphatic heterocycles. The van der Waals surface area contributed by atoms with E-state index in [0.29, 0.717) is 17.7 Å². The number of benzene rings is 1. The number of H-pyrrole nitrogens is 1. The van der Waals surface area contributed by atoms with Crippen LogP contribution in [-0.2, 0) is 4.74 Å². The second kappa shape index (κ2) is 7.31. The second-order valence-electron chi connectivity index (χ2n) is 7.85. The highest BCUT2D eigenvalue weighted by atomic mass is 16.5. The van der Waals surface area contributed by atoms with Crippen LogP contribution in [0.2, 0.25) is 0 Å². The van der Waals surface area contributed by atoms with Gasteiger partial charge in [-0.25, -0.2) is 0 Å². The number of hydrogen-bond acceptors (Lipinski definition) is 3. The van der Waals surface area contributed by atoms with E-state index in [0.717, 1.165) is 43.6 Å². The summed E-state index contributed by atoms with van der Waals surface area (Å²) >= 11 is 0. The maximum absolute atomic E-state index is 12.8. The van der Waals surface area contributed by atoms with Gasteiger partial charge in [0.15, 0.2) is 0 Å². The van der Waals surface area contributed by atoms with Crippen LogP contribution < -0.4 is 10.2 Å². The molecule has 2 atom stereocenters. The van der Waals surface area contributed by atoms with Gasteiger partial charge >= 0.3 is 0 Å². The van der Waals surface area contributed by atoms with Crippen molar-refractivity contribution >= 4 is 22.5 Å². The number of ether oxygens (including phenoxy) is 1. The number of aromatic amines is 1. The molecule has 26 heavy (non-hydrogen) atoms. The number of fused-ring (bicyclic) bond motifs is 1. The van der Waals surface area contributed by atoms with Gasteiger partial charge in [0, 0.05) is 35.7 Å². The van der Waals surface area contributed by atoms with Crippen LogP contribution in [0, 0.1) is 12.8 Å². The van der Waals surface area contributed by atoms with Gasteiger partial charge in [-0.05, 0) is 49.4 Å². The molecule has 4 rings (SSSR count). The van der Waals surface area contributed by atoms with Gasteiger partial charge in [0.25, 0.3) is 5.91 Å². The molecule has 1 aromatic carbocycles. The molecule has 0 unspecified atom stereocenters. The van der Waals surface area contributed by atoms with Gasteiger partial charge in [-0.2, -0.15) is 0 Å². The molecule has 1 saturated carbocycles. The minimum Gasteiger partial charge on any atom is -0.378 e. The van der Waals surface area contributed by atoms with Gasteiger partial charge in [0.2, 0.25) is 0 Å². The topological polar surface area (TPSA) is 57.4 Å². The van der Waals surface area contributed by atoms with Crippen molar-refractivity contribution in [3.05, 3.63) is 29.5 Å². The zero-order valence-corrected chi connectivity index (χ0v) is 15.8. The average Bonchev–Trinajstić information content (AvgIpc) is 3.09. The quantitative estimate of drug-likeness (QED) is 0.884.